The van der Waals surface area contributed by atoms with E-state index in [1.807, 2.05) is 41.8 Å². The minimum absolute atomic E-state index is 0.622. The van der Waals surface area contributed by atoms with Gasteiger partial charge >= 0.3 is 0 Å². The fraction of sp³-hybridized carbons (Fsp3) is 0.0769. The molecule has 0 radical (unpaired) electrons. The summed E-state index contributed by atoms with van der Waals surface area (Å²) < 4.78 is 2.78. The van der Waals surface area contributed by atoms with Crippen LogP contribution in [0.5, 0.6) is 0 Å². The SMILES string of the molecule is Cc1ccc(-c2nc3c(Br)cccn3c2N)cn1. The van der Waals surface area contributed by atoms with E-state index in [1.54, 1.807) is 6.20 Å². The molecule has 4 nitrogen and oxygen atoms in total. The van der Waals surface area contributed by atoms with Crippen LogP contribution in [0.3, 0.4) is 0 Å². The summed E-state index contributed by atoms with van der Waals surface area (Å²) in [5, 5.41) is 0. The van der Waals surface area contributed by atoms with E-state index in [0.717, 1.165) is 27.1 Å². The highest BCUT2D eigenvalue weighted by Crippen LogP contribution is 2.28. The molecule has 3 rings (SSSR count). The highest BCUT2D eigenvalue weighted by atomic mass is 79.9. The minimum atomic E-state index is 0.622. The number of rotatable bonds is 1. The largest absolute Gasteiger partial charge is 0.383 e. The smallest absolute Gasteiger partial charge is 0.153 e. The first-order valence-electron chi connectivity index (χ1n) is 5.52. The van der Waals surface area contributed by atoms with Crippen LogP contribution in [0.4, 0.5) is 5.82 Å². The van der Waals surface area contributed by atoms with E-state index in [2.05, 4.69) is 25.9 Å². The first-order chi connectivity index (χ1) is 8.66. The Morgan fingerprint density at radius 3 is 2.78 bits per heavy atom. The number of aromatic nitrogens is 3. The van der Waals surface area contributed by atoms with Gasteiger partial charge in [-0.3, -0.25) is 9.38 Å². The lowest BCUT2D eigenvalue weighted by molar-refractivity contribution is 1.19. The van der Waals surface area contributed by atoms with Gasteiger partial charge in [0.05, 0.1) is 4.47 Å². The van der Waals surface area contributed by atoms with E-state index in [1.165, 1.54) is 0 Å². The summed E-state index contributed by atoms with van der Waals surface area (Å²) in [7, 11) is 0. The number of nitrogen functional groups attached to an aromatic ring is 1. The van der Waals surface area contributed by atoms with Crippen LogP contribution in [0.15, 0.2) is 41.1 Å². The first-order valence-corrected chi connectivity index (χ1v) is 6.31. The molecule has 0 fully saturated rings. The maximum absolute atomic E-state index is 6.13. The van der Waals surface area contributed by atoms with Crippen molar-refractivity contribution in [1.82, 2.24) is 14.4 Å². The molecule has 0 atom stereocenters. The van der Waals surface area contributed by atoms with Crippen molar-refractivity contribution in [3.05, 3.63) is 46.8 Å². The second-order valence-electron chi connectivity index (χ2n) is 4.08. The van der Waals surface area contributed by atoms with E-state index < -0.39 is 0 Å². The molecule has 0 amide bonds. The lowest BCUT2D eigenvalue weighted by Gasteiger charge is -1.99. The van der Waals surface area contributed by atoms with Crippen molar-refractivity contribution in [3.8, 4) is 11.3 Å². The molecule has 0 aromatic carbocycles. The van der Waals surface area contributed by atoms with Crippen molar-refractivity contribution >= 4 is 27.4 Å². The fourth-order valence-corrected chi connectivity index (χ4v) is 2.31. The van der Waals surface area contributed by atoms with Gasteiger partial charge < -0.3 is 5.73 Å². The summed E-state index contributed by atoms with van der Waals surface area (Å²) in [5.41, 5.74) is 9.60. The van der Waals surface area contributed by atoms with Crippen LogP contribution in [-0.2, 0) is 0 Å². The summed E-state index contributed by atoms with van der Waals surface area (Å²) in [4.78, 5) is 8.84. The molecule has 0 saturated heterocycles. The molecule has 0 spiro atoms. The van der Waals surface area contributed by atoms with Crippen LogP contribution >= 0.6 is 15.9 Å². The molecule has 18 heavy (non-hydrogen) atoms. The van der Waals surface area contributed by atoms with Gasteiger partial charge in [-0.25, -0.2) is 4.98 Å². The highest BCUT2D eigenvalue weighted by molar-refractivity contribution is 9.10. The second kappa shape index (κ2) is 4.10. The third-order valence-electron chi connectivity index (χ3n) is 2.82. The number of fused-ring (bicyclic) bond motifs is 1. The number of aryl methyl sites for hydroxylation is 1. The van der Waals surface area contributed by atoms with E-state index >= 15 is 0 Å². The van der Waals surface area contributed by atoms with Crippen LogP contribution in [0.2, 0.25) is 0 Å². The first kappa shape index (κ1) is 11.2. The third-order valence-corrected chi connectivity index (χ3v) is 3.44. The quantitative estimate of drug-likeness (QED) is 0.751. The van der Waals surface area contributed by atoms with Crippen LogP contribution in [0.25, 0.3) is 16.9 Å². The van der Waals surface area contributed by atoms with Gasteiger partial charge in [0.1, 0.15) is 11.5 Å². The van der Waals surface area contributed by atoms with Gasteiger partial charge in [0.25, 0.3) is 0 Å². The zero-order valence-electron chi connectivity index (χ0n) is 9.76. The molecule has 0 aliphatic carbocycles. The average molecular weight is 303 g/mol. The van der Waals surface area contributed by atoms with Gasteiger partial charge in [-0.05, 0) is 47.1 Å². The van der Waals surface area contributed by atoms with E-state index in [0.29, 0.717) is 5.82 Å². The molecule has 5 heteroatoms. The Balaban J connectivity index is 2.27. The predicted molar refractivity (Wildman–Crippen MR) is 75.3 cm³/mol. The molecular formula is C13H11BrN4. The third kappa shape index (κ3) is 1.67. The maximum atomic E-state index is 6.13. The number of hydrogen-bond donors (Lipinski definition) is 1. The van der Waals surface area contributed by atoms with Crippen molar-refractivity contribution in [2.45, 2.75) is 6.92 Å². The molecule has 3 aromatic heterocycles. The Morgan fingerprint density at radius 2 is 2.11 bits per heavy atom. The van der Waals surface area contributed by atoms with Crippen molar-refractivity contribution in [2.24, 2.45) is 0 Å². The Morgan fingerprint density at radius 1 is 1.28 bits per heavy atom. The predicted octanol–water partition coefficient (Wildman–Crippen LogP) is 3.05. The van der Waals surface area contributed by atoms with Gasteiger partial charge in [0.15, 0.2) is 5.65 Å². The molecule has 0 bridgehead atoms. The van der Waals surface area contributed by atoms with Gasteiger partial charge in [-0.1, -0.05) is 0 Å². The summed E-state index contributed by atoms with van der Waals surface area (Å²) >= 11 is 3.47. The van der Waals surface area contributed by atoms with Gasteiger partial charge in [-0.2, -0.15) is 0 Å². The summed E-state index contributed by atoms with van der Waals surface area (Å²) in [6.07, 6.45) is 3.69. The van der Waals surface area contributed by atoms with Crippen LogP contribution in [0.1, 0.15) is 5.69 Å². The number of nitrogens with zero attached hydrogens (tertiary/aromatic N) is 3. The number of nitrogens with two attached hydrogens (primary N) is 1. The van der Waals surface area contributed by atoms with E-state index in [9.17, 15) is 0 Å². The summed E-state index contributed by atoms with van der Waals surface area (Å²) in [6, 6.07) is 7.80. The maximum Gasteiger partial charge on any atom is 0.153 e. The van der Waals surface area contributed by atoms with Crippen molar-refractivity contribution in [2.75, 3.05) is 5.73 Å². The van der Waals surface area contributed by atoms with Gasteiger partial charge in [0, 0.05) is 23.7 Å². The topological polar surface area (TPSA) is 56.2 Å². The number of pyridine rings is 2. The molecule has 2 N–H and O–H groups in total. The molecule has 0 unspecified atom stereocenters. The fourth-order valence-electron chi connectivity index (χ4n) is 1.87. The van der Waals surface area contributed by atoms with Gasteiger partial charge in [-0.15, -0.1) is 0 Å². The highest BCUT2D eigenvalue weighted by Gasteiger charge is 2.12. The summed E-state index contributed by atoms with van der Waals surface area (Å²) in [5.74, 6) is 0.622. The number of anilines is 1. The normalized spacial score (nSPS) is 11.0. The Labute approximate surface area is 113 Å². The zero-order chi connectivity index (χ0) is 12.7. The Bertz CT molecular complexity index is 716. The molecule has 0 aliphatic rings. The molecule has 0 saturated carbocycles. The minimum Gasteiger partial charge on any atom is -0.383 e. The van der Waals surface area contributed by atoms with E-state index in [4.69, 9.17) is 5.73 Å². The Hall–Kier alpha value is -1.88. The average Bonchev–Trinajstić information content (AvgIpc) is 2.70. The second-order valence-corrected chi connectivity index (χ2v) is 4.94. The van der Waals surface area contributed by atoms with Crippen molar-refractivity contribution in [1.29, 1.82) is 0 Å². The molecular weight excluding hydrogens is 292 g/mol. The molecule has 3 aromatic rings. The van der Waals surface area contributed by atoms with Gasteiger partial charge in [0.2, 0.25) is 0 Å². The molecule has 90 valence electrons. The lowest BCUT2D eigenvalue weighted by atomic mass is 10.2. The van der Waals surface area contributed by atoms with Crippen LogP contribution in [0, 0.1) is 6.92 Å². The van der Waals surface area contributed by atoms with Crippen molar-refractivity contribution < 1.29 is 0 Å². The number of hydrogen-bond acceptors (Lipinski definition) is 3. The Kier molecular flexibility index (Phi) is 2.56. The standard InChI is InChI=1S/C13H11BrN4/c1-8-4-5-9(7-16-8)11-12(15)18-6-2-3-10(14)13(18)17-11/h2-7H,15H2,1H3. The van der Waals surface area contributed by atoms with E-state index in [-0.39, 0.29) is 0 Å². The summed E-state index contributed by atoms with van der Waals surface area (Å²) in [6.45, 7) is 1.95. The van der Waals surface area contributed by atoms with Crippen LogP contribution in [-0.4, -0.2) is 14.4 Å². The lowest BCUT2D eigenvalue weighted by Crippen LogP contribution is -1.94. The monoisotopic (exact) mass is 302 g/mol. The number of halogens is 1. The zero-order valence-corrected chi connectivity index (χ0v) is 11.3. The van der Waals surface area contributed by atoms with Crippen molar-refractivity contribution in [3.63, 3.8) is 0 Å². The van der Waals surface area contributed by atoms with Crippen LogP contribution < -0.4 is 5.73 Å². The molecule has 3 heterocycles. The molecule has 0 aliphatic heterocycles. The number of imidazole rings is 1.